The molecule has 0 saturated carbocycles. The third kappa shape index (κ3) is 5.01. The van der Waals surface area contributed by atoms with Crippen molar-refractivity contribution in [1.29, 1.82) is 0 Å². The molecule has 0 aromatic heterocycles. The summed E-state index contributed by atoms with van der Waals surface area (Å²) in [5.74, 6) is -1.04. The van der Waals surface area contributed by atoms with E-state index in [1.807, 2.05) is 0 Å². The van der Waals surface area contributed by atoms with Crippen LogP contribution in [0.15, 0.2) is 64.4 Å². The van der Waals surface area contributed by atoms with Gasteiger partial charge in [0.15, 0.2) is 9.84 Å². The molecule has 1 aliphatic rings. The fraction of sp³-hybridized carbons (Fsp3) is 0.263. The fourth-order valence-corrected chi connectivity index (χ4v) is 5.34. The van der Waals surface area contributed by atoms with Gasteiger partial charge in [-0.1, -0.05) is 18.2 Å². The molecule has 2 aromatic rings. The zero-order valence-corrected chi connectivity index (χ0v) is 17.1. The quantitative estimate of drug-likeness (QED) is 0.730. The Kier molecular flexibility index (Phi) is 6.04. The Balaban J connectivity index is 1.60. The van der Waals surface area contributed by atoms with Crippen LogP contribution in [-0.2, 0) is 24.5 Å². The summed E-state index contributed by atoms with van der Waals surface area (Å²) in [7, 11) is -6.76. The van der Waals surface area contributed by atoms with Crippen molar-refractivity contribution in [3.63, 3.8) is 0 Å². The number of hydrogen-bond donors (Lipinski definition) is 1. The number of nitrogens with one attached hydrogen (secondary N) is 1. The Labute approximate surface area is 169 Å². The van der Waals surface area contributed by atoms with Gasteiger partial charge in [0.2, 0.25) is 15.7 Å². The maximum absolute atomic E-state index is 12.6. The van der Waals surface area contributed by atoms with Crippen LogP contribution in [0.3, 0.4) is 0 Å². The first-order valence-corrected chi connectivity index (χ1v) is 12.2. The molecule has 0 atom stereocenters. The highest BCUT2D eigenvalue weighted by atomic mass is 32.2. The summed E-state index contributed by atoms with van der Waals surface area (Å²) in [5, 5.41) is 2.48. The predicted molar refractivity (Wildman–Crippen MR) is 106 cm³/mol. The van der Waals surface area contributed by atoms with Crippen LogP contribution in [-0.4, -0.2) is 64.7 Å². The van der Waals surface area contributed by atoms with Crippen LogP contribution in [0.5, 0.6) is 0 Å². The molecule has 1 saturated heterocycles. The van der Waals surface area contributed by atoms with Crippen molar-refractivity contribution < 1.29 is 26.4 Å². The molecule has 10 heteroatoms. The van der Waals surface area contributed by atoms with E-state index in [0.29, 0.717) is 0 Å². The first-order chi connectivity index (χ1) is 13.7. The molecule has 3 rings (SSSR count). The molecule has 29 heavy (non-hydrogen) atoms. The second-order valence-electron chi connectivity index (χ2n) is 6.56. The van der Waals surface area contributed by atoms with Gasteiger partial charge in [-0.05, 0) is 36.4 Å². The zero-order valence-electron chi connectivity index (χ0n) is 15.4. The topological polar surface area (TPSA) is 118 Å². The lowest BCUT2D eigenvalue weighted by Gasteiger charge is -2.26. The second kappa shape index (κ2) is 8.34. The monoisotopic (exact) mass is 436 g/mol. The third-order valence-electron chi connectivity index (χ3n) is 4.58. The lowest BCUT2D eigenvalue weighted by Crippen LogP contribution is -2.47. The average molecular weight is 437 g/mol. The van der Waals surface area contributed by atoms with Gasteiger partial charge in [-0.25, -0.2) is 16.8 Å². The van der Waals surface area contributed by atoms with Crippen molar-refractivity contribution in [3.8, 4) is 0 Å². The summed E-state index contributed by atoms with van der Waals surface area (Å²) < 4.78 is 47.9. The van der Waals surface area contributed by atoms with Crippen LogP contribution in [0.2, 0.25) is 0 Å². The molecule has 1 fully saturated rings. The highest BCUT2D eigenvalue weighted by Crippen LogP contribution is 2.20. The van der Waals surface area contributed by atoms with E-state index in [0.717, 1.165) is 0 Å². The summed E-state index contributed by atoms with van der Waals surface area (Å²) in [4.78, 5) is 26.0. The minimum absolute atomic E-state index is 0.0610. The second-order valence-corrected chi connectivity index (χ2v) is 10.8. The van der Waals surface area contributed by atoms with Crippen LogP contribution in [0.4, 0.5) is 0 Å². The van der Waals surface area contributed by atoms with E-state index in [1.165, 1.54) is 41.3 Å². The number of hydrogen-bond acceptors (Lipinski definition) is 6. The molecule has 0 radical (unpaired) electrons. The minimum atomic E-state index is -3.67. The van der Waals surface area contributed by atoms with Crippen molar-refractivity contribution >= 4 is 31.5 Å². The number of amides is 2. The van der Waals surface area contributed by atoms with Crippen LogP contribution in [0.25, 0.3) is 0 Å². The van der Waals surface area contributed by atoms with E-state index in [1.54, 1.807) is 18.2 Å². The summed E-state index contributed by atoms with van der Waals surface area (Å²) in [6.07, 6.45) is 0. The number of benzene rings is 2. The molecular formula is C19H20N2O6S2. The van der Waals surface area contributed by atoms with Gasteiger partial charge >= 0.3 is 0 Å². The molecule has 1 aliphatic heterocycles. The molecule has 0 unspecified atom stereocenters. The average Bonchev–Trinajstić information content (AvgIpc) is 2.72. The van der Waals surface area contributed by atoms with E-state index in [9.17, 15) is 26.4 Å². The molecule has 0 bridgehead atoms. The van der Waals surface area contributed by atoms with Crippen LogP contribution < -0.4 is 5.32 Å². The molecule has 154 valence electrons. The van der Waals surface area contributed by atoms with Gasteiger partial charge in [0.1, 0.15) is 0 Å². The first-order valence-electron chi connectivity index (χ1n) is 8.86. The number of sulfone groups is 2. The molecule has 2 aromatic carbocycles. The van der Waals surface area contributed by atoms with Crippen LogP contribution in [0, 0.1) is 0 Å². The molecule has 2 amide bonds. The van der Waals surface area contributed by atoms with Crippen molar-refractivity contribution in [2.75, 3.05) is 31.1 Å². The Morgan fingerprint density at radius 3 is 2.03 bits per heavy atom. The van der Waals surface area contributed by atoms with Gasteiger partial charge in [0.25, 0.3) is 5.91 Å². The van der Waals surface area contributed by atoms with Gasteiger partial charge in [0.05, 0.1) is 27.8 Å². The van der Waals surface area contributed by atoms with Gasteiger partial charge < -0.3 is 10.2 Å². The van der Waals surface area contributed by atoms with Crippen molar-refractivity contribution in [1.82, 2.24) is 10.2 Å². The third-order valence-corrected chi connectivity index (χ3v) is 7.97. The molecule has 0 spiro atoms. The number of carbonyl (C=O) groups is 2. The summed E-state index contributed by atoms with van der Waals surface area (Å²) >= 11 is 0. The Morgan fingerprint density at radius 2 is 1.45 bits per heavy atom. The van der Waals surface area contributed by atoms with Gasteiger partial charge in [-0.15, -0.1) is 0 Å². The summed E-state index contributed by atoms with van der Waals surface area (Å²) in [6, 6.07) is 13.4. The lowest BCUT2D eigenvalue weighted by molar-refractivity contribution is -0.129. The van der Waals surface area contributed by atoms with E-state index in [-0.39, 0.29) is 52.4 Å². The first kappa shape index (κ1) is 21.0. The Morgan fingerprint density at radius 1 is 0.897 bits per heavy atom. The minimum Gasteiger partial charge on any atom is -0.343 e. The van der Waals surface area contributed by atoms with Gasteiger partial charge in [-0.3, -0.25) is 9.59 Å². The van der Waals surface area contributed by atoms with Crippen molar-refractivity contribution in [2.24, 2.45) is 0 Å². The van der Waals surface area contributed by atoms with Gasteiger partial charge in [-0.2, -0.15) is 0 Å². The Hall–Kier alpha value is -2.72. The highest BCUT2D eigenvalue weighted by Gasteiger charge is 2.25. The molecular weight excluding hydrogens is 416 g/mol. The largest absolute Gasteiger partial charge is 0.343 e. The maximum Gasteiger partial charge on any atom is 0.251 e. The summed E-state index contributed by atoms with van der Waals surface area (Å²) in [6.45, 7) is -0.0326. The van der Waals surface area contributed by atoms with E-state index in [2.05, 4.69) is 5.32 Å². The van der Waals surface area contributed by atoms with Crippen molar-refractivity contribution in [2.45, 2.75) is 9.79 Å². The lowest BCUT2D eigenvalue weighted by atomic mass is 10.2. The standard InChI is InChI=1S/C19H20N2O6S2/c22-18(21-10-12-28(24,25)13-11-21)14-20-19(23)15-6-8-17(9-7-15)29(26,27)16-4-2-1-3-5-16/h1-9H,10-14H2,(H,20,23). The van der Waals surface area contributed by atoms with Gasteiger partial charge in [0, 0.05) is 18.7 Å². The van der Waals surface area contributed by atoms with Crippen LogP contribution >= 0.6 is 0 Å². The molecule has 8 nitrogen and oxygen atoms in total. The molecule has 0 aliphatic carbocycles. The number of nitrogens with zero attached hydrogens (tertiary/aromatic N) is 1. The smallest absolute Gasteiger partial charge is 0.251 e. The van der Waals surface area contributed by atoms with E-state index in [4.69, 9.17) is 0 Å². The Bertz CT molecular complexity index is 1100. The zero-order chi connectivity index (χ0) is 21.1. The van der Waals surface area contributed by atoms with Crippen molar-refractivity contribution in [3.05, 3.63) is 60.2 Å². The highest BCUT2D eigenvalue weighted by molar-refractivity contribution is 7.91. The molecule has 1 N–H and O–H groups in total. The summed E-state index contributed by atoms with van der Waals surface area (Å²) in [5.41, 5.74) is 0.214. The normalized spacial score (nSPS) is 16.2. The SMILES string of the molecule is O=C(NCC(=O)N1CCS(=O)(=O)CC1)c1ccc(S(=O)(=O)c2ccccc2)cc1. The van der Waals surface area contributed by atoms with Crippen LogP contribution in [0.1, 0.15) is 10.4 Å². The number of rotatable bonds is 5. The maximum atomic E-state index is 12.6. The predicted octanol–water partition coefficient (Wildman–Crippen LogP) is 0.506. The van der Waals surface area contributed by atoms with E-state index >= 15 is 0 Å². The number of carbonyl (C=O) groups excluding carboxylic acids is 2. The fourth-order valence-electron chi connectivity index (χ4n) is 2.85. The van der Waals surface area contributed by atoms with E-state index < -0.39 is 25.6 Å². The molecule has 1 heterocycles.